The minimum absolute atomic E-state index is 0.167. The molecule has 2 amide bonds. The number of fused-ring (bicyclic) bond motifs is 2. The summed E-state index contributed by atoms with van der Waals surface area (Å²) in [6.45, 7) is 2.24. The Morgan fingerprint density at radius 2 is 1.63 bits per heavy atom. The third-order valence-electron chi connectivity index (χ3n) is 7.26. The molecule has 8 nitrogen and oxygen atoms in total. The van der Waals surface area contributed by atoms with Crippen molar-refractivity contribution in [3.63, 3.8) is 0 Å². The predicted octanol–water partition coefficient (Wildman–Crippen LogP) is 6.31. The minimum atomic E-state index is -1.06. The molecular formula is C32H25ClN2O6. The van der Waals surface area contributed by atoms with Crippen LogP contribution in [0.15, 0.2) is 84.9 Å². The Bertz CT molecular complexity index is 1690. The first-order valence-electron chi connectivity index (χ1n) is 13.0. The summed E-state index contributed by atoms with van der Waals surface area (Å²) in [5.41, 5.74) is 4.02. The van der Waals surface area contributed by atoms with Crippen LogP contribution in [0, 0.1) is 0 Å². The van der Waals surface area contributed by atoms with E-state index in [4.69, 9.17) is 21.1 Å². The van der Waals surface area contributed by atoms with Crippen molar-refractivity contribution in [2.45, 2.75) is 18.9 Å². The van der Waals surface area contributed by atoms with Gasteiger partial charge < -0.3 is 19.9 Å². The Labute approximate surface area is 241 Å². The Kier molecular flexibility index (Phi) is 6.85. The van der Waals surface area contributed by atoms with E-state index in [0.29, 0.717) is 57.8 Å². The molecule has 0 fully saturated rings. The number of carbonyl (C=O) groups is 3. The molecule has 2 N–H and O–H groups in total. The second-order valence-electron chi connectivity index (χ2n) is 9.85. The number of benzene rings is 4. The zero-order valence-electron chi connectivity index (χ0n) is 22.0. The van der Waals surface area contributed by atoms with Crippen molar-refractivity contribution < 1.29 is 29.0 Å². The van der Waals surface area contributed by atoms with E-state index in [-0.39, 0.29) is 11.8 Å². The SMILES string of the molecule is CC(=O)Nc1ccc(-c2ccc(N3C(=O)c4ccccc4C(C(=O)O)C3c3ccc4c(c3)OCCO4)cc2Cl)cc1. The Morgan fingerprint density at radius 1 is 0.902 bits per heavy atom. The van der Waals surface area contributed by atoms with E-state index in [1.165, 1.54) is 11.8 Å². The van der Waals surface area contributed by atoms with Crippen LogP contribution < -0.4 is 19.7 Å². The molecule has 4 aromatic rings. The summed E-state index contributed by atoms with van der Waals surface area (Å²) in [4.78, 5) is 39.7. The lowest BCUT2D eigenvalue weighted by Gasteiger charge is -2.41. The molecule has 206 valence electrons. The number of nitrogens with zero attached hydrogens (tertiary/aromatic N) is 1. The first-order valence-corrected chi connectivity index (χ1v) is 13.4. The van der Waals surface area contributed by atoms with Crippen LogP contribution in [0.4, 0.5) is 11.4 Å². The number of amides is 2. The minimum Gasteiger partial charge on any atom is -0.486 e. The van der Waals surface area contributed by atoms with Crippen LogP contribution in [0.5, 0.6) is 11.5 Å². The highest BCUT2D eigenvalue weighted by atomic mass is 35.5. The number of aliphatic carboxylic acids is 1. The number of halogens is 1. The molecule has 9 heteroatoms. The van der Waals surface area contributed by atoms with Gasteiger partial charge >= 0.3 is 5.97 Å². The van der Waals surface area contributed by atoms with Crippen molar-refractivity contribution in [2.24, 2.45) is 0 Å². The molecule has 0 aromatic heterocycles. The lowest BCUT2D eigenvalue weighted by molar-refractivity contribution is -0.139. The van der Waals surface area contributed by atoms with Crippen LogP contribution in [0.1, 0.15) is 40.4 Å². The summed E-state index contributed by atoms with van der Waals surface area (Å²) in [6, 6.07) is 23.6. The maximum atomic E-state index is 14.0. The zero-order chi connectivity index (χ0) is 28.7. The average molecular weight is 569 g/mol. The summed E-state index contributed by atoms with van der Waals surface area (Å²) in [5.74, 6) is -1.54. The summed E-state index contributed by atoms with van der Waals surface area (Å²) in [6.07, 6.45) is 0. The van der Waals surface area contributed by atoms with Crippen molar-refractivity contribution in [1.82, 2.24) is 0 Å². The van der Waals surface area contributed by atoms with Gasteiger partial charge in [0.05, 0.1) is 11.1 Å². The number of carboxylic acids is 1. The van der Waals surface area contributed by atoms with E-state index in [1.807, 2.05) is 12.1 Å². The van der Waals surface area contributed by atoms with E-state index in [2.05, 4.69) is 5.32 Å². The normalized spacial score (nSPS) is 17.5. The van der Waals surface area contributed by atoms with Gasteiger partial charge in [-0.25, -0.2) is 0 Å². The summed E-state index contributed by atoms with van der Waals surface area (Å²) in [5, 5.41) is 13.6. The molecular weight excluding hydrogens is 544 g/mol. The standard InChI is InChI=1S/C32H25ClN2O6/c1-18(36)34-21-9-6-19(7-10-21)23-12-11-22(17-26(23)33)35-30(20-8-13-27-28(16-20)41-15-14-40-27)29(32(38)39)24-4-2-3-5-25(24)31(35)37/h2-13,16-17,29-30H,14-15H2,1H3,(H,34,36)(H,38,39). The van der Waals surface area contributed by atoms with E-state index >= 15 is 0 Å². The number of carbonyl (C=O) groups excluding carboxylic acids is 2. The van der Waals surface area contributed by atoms with Gasteiger partial charge in [0.15, 0.2) is 11.5 Å². The predicted molar refractivity (Wildman–Crippen MR) is 155 cm³/mol. The Morgan fingerprint density at radius 3 is 2.34 bits per heavy atom. The molecule has 0 spiro atoms. The third kappa shape index (κ3) is 4.87. The number of ether oxygens (including phenoxy) is 2. The number of rotatable bonds is 5. The fraction of sp³-hybridized carbons (Fsp3) is 0.156. The Balaban J connectivity index is 1.46. The van der Waals surface area contributed by atoms with Gasteiger partial charge in [0.25, 0.3) is 5.91 Å². The summed E-state index contributed by atoms with van der Waals surface area (Å²) < 4.78 is 11.4. The number of nitrogens with one attached hydrogen (secondary N) is 1. The van der Waals surface area contributed by atoms with Crippen molar-refractivity contribution in [3.05, 3.63) is 107 Å². The number of hydrogen-bond acceptors (Lipinski definition) is 5. The Hall–Kier alpha value is -4.82. The molecule has 0 saturated carbocycles. The van der Waals surface area contributed by atoms with E-state index in [0.717, 1.165) is 11.1 Å². The number of carboxylic acid groups (broad SMARTS) is 1. The van der Waals surface area contributed by atoms with Gasteiger partial charge in [0.2, 0.25) is 5.91 Å². The molecule has 6 rings (SSSR count). The van der Waals surface area contributed by atoms with Gasteiger partial charge in [0, 0.05) is 29.4 Å². The van der Waals surface area contributed by atoms with E-state index in [1.54, 1.807) is 72.8 Å². The molecule has 4 aromatic carbocycles. The van der Waals surface area contributed by atoms with Crippen LogP contribution in [0.2, 0.25) is 5.02 Å². The van der Waals surface area contributed by atoms with Crippen LogP contribution in [-0.2, 0) is 9.59 Å². The molecule has 41 heavy (non-hydrogen) atoms. The molecule has 0 radical (unpaired) electrons. The first-order chi connectivity index (χ1) is 19.8. The van der Waals surface area contributed by atoms with Crippen molar-refractivity contribution >= 4 is 40.8 Å². The third-order valence-corrected chi connectivity index (χ3v) is 7.57. The van der Waals surface area contributed by atoms with E-state index in [9.17, 15) is 19.5 Å². The molecule has 2 aliphatic heterocycles. The monoisotopic (exact) mass is 568 g/mol. The molecule has 2 atom stereocenters. The number of hydrogen-bond donors (Lipinski definition) is 2. The fourth-order valence-electron chi connectivity index (χ4n) is 5.49. The van der Waals surface area contributed by atoms with Crippen molar-refractivity contribution in [1.29, 1.82) is 0 Å². The van der Waals surface area contributed by atoms with Crippen molar-refractivity contribution in [2.75, 3.05) is 23.4 Å². The van der Waals surface area contributed by atoms with Gasteiger partial charge in [0.1, 0.15) is 19.1 Å². The topological polar surface area (TPSA) is 105 Å². The fourth-order valence-corrected chi connectivity index (χ4v) is 5.78. The van der Waals surface area contributed by atoms with Gasteiger partial charge in [-0.15, -0.1) is 0 Å². The second-order valence-corrected chi connectivity index (χ2v) is 10.3. The highest BCUT2D eigenvalue weighted by Gasteiger charge is 2.45. The van der Waals surface area contributed by atoms with Crippen LogP contribution in [0.3, 0.4) is 0 Å². The van der Waals surface area contributed by atoms with Crippen LogP contribution >= 0.6 is 11.6 Å². The van der Waals surface area contributed by atoms with Gasteiger partial charge in [-0.05, 0) is 59.2 Å². The lowest BCUT2D eigenvalue weighted by atomic mass is 9.79. The molecule has 2 unspecified atom stereocenters. The average Bonchev–Trinajstić information content (AvgIpc) is 2.97. The maximum Gasteiger partial charge on any atom is 0.313 e. The van der Waals surface area contributed by atoms with Crippen LogP contribution in [0.25, 0.3) is 11.1 Å². The summed E-state index contributed by atoms with van der Waals surface area (Å²) >= 11 is 6.78. The number of anilines is 2. The lowest BCUT2D eigenvalue weighted by Crippen LogP contribution is -2.45. The van der Waals surface area contributed by atoms with E-state index < -0.39 is 17.9 Å². The quantitative estimate of drug-likeness (QED) is 0.292. The van der Waals surface area contributed by atoms with Crippen LogP contribution in [-0.4, -0.2) is 36.1 Å². The second kappa shape index (κ2) is 10.6. The highest BCUT2D eigenvalue weighted by molar-refractivity contribution is 6.33. The largest absolute Gasteiger partial charge is 0.486 e. The first kappa shape index (κ1) is 26.4. The summed E-state index contributed by atoms with van der Waals surface area (Å²) in [7, 11) is 0. The zero-order valence-corrected chi connectivity index (χ0v) is 22.7. The molecule has 0 saturated heterocycles. The molecule has 2 aliphatic rings. The van der Waals surface area contributed by atoms with Crippen molar-refractivity contribution in [3.8, 4) is 22.6 Å². The van der Waals surface area contributed by atoms with Gasteiger partial charge in [-0.2, -0.15) is 0 Å². The molecule has 0 bridgehead atoms. The smallest absolute Gasteiger partial charge is 0.313 e. The molecule has 2 heterocycles. The molecule has 0 aliphatic carbocycles. The maximum absolute atomic E-state index is 14.0. The van der Waals surface area contributed by atoms with Gasteiger partial charge in [-0.1, -0.05) is 54.1 Å². The highest BCUT2D eigenvalue weighted by Crippen LogP contribution is 2.47. The van der Waals surface area contributed by atoms with Gasteiger partial charge in [-0.3, -0.25) is 19.3 Å².